The van der Waals surface area contributed by atoms with Crippen LogP contribution in [0.3, 0.4) is 0 Å². The van der Waals surface area contributed by atoms with Gasteiger partial charge in [-0.25, -0.2) is 0 Å². The van der Waals surface area contributed by atoms with Crippen molar-refractivity contribution in [1.29, 1.82) is 0 Å². The first-order valence-corrected chi connectivity index (χ1v) is 8.68. The van der Waals surface area contributed by atoms with Crippen LogP contribution in [0.15, 0.2) is 24.3 Å². The summed E-state index contributed by atoms with van der Waals surface area (Å²) in [5.41, 5.74) is 7.35. The molecule has 1 heterocycles. The Hall–Kier alpha value is -1.96. The van der Waals surface area contributed by atoms with E-state index in [0.717, 1.165) is 43.7 Å². The maximum atomic E-state index is 11.8. The van der Waals surface area contributed by atoms with Gasteiger partial charge in [0.05, 0.1) is 19.1 Å². The molecule has 25 heavy (non-hydrogen) atoms. The summed E-state index contributed by atoms with van der Waals surface area (Å²) in [4.78, 5) is 25.4. The first-order valence-electron chi connectivity index (χ1n) is 8.68. The number of nitrogens with two attached hydrogens (primary N) is 1. The van der Waals surface area contributed by atoms with Crippen LogP contribution < -0.4 is 16.4 Å². The van der Waals surface area contributed by atoms with Crippen molar-refractivity contribution >= 4 is 17.5 Å². The van der Waals surface area contributed by atoms with Crippen LogP contribution in [0.4, 0.5) is 5.69 Å². The molecular formula is C18H28N4O3. The second-order valence-corrected chi connectivity index (χ2v) is 6.39. The van der Waals surface area contributed by atoms with Gasteiger partial charge in [0, 0.05) is 32.4 Å². The Kier molecular flexibility index (Phi) is 7.84. The highest BCUT2D eigenvalue weighted by Crippen LogP contribution is 2.19. The summed E-state index contributed by atoms with van der Waals surface area (Å²) in [7, 11) is 1.63. The Morgan fingerprint density at radius 3 is 2.76 bits per heavy atom. The second kappa shape index (κ2) is 10.1. The van der Waals surface area contributed by atoms with Crippen LogP contribution in [0, 0.1) is 5.92 Å². The third kappa shape index (κ3) is 6.81. The van der Waals surface area contributed by atoms with Gasteiger partial charge < -0.3 is 21.1 Å². The molecule has 4 N–H and O–H groups in total. The number of hydrogen-bond acceptors (Lipinski definition) is 5. The SMILES string of the molecule is COCCNCC(=O)Nc1ccc(CN2CCCC(C(N)=O)C2)cc1. The van der Waals surface area contributed by atoms with Crippen molar-refractivity contribution in [2.75, 3.05) is 45.2 Å². The molecule has 0 spiro atoms. The summed E-state index contributed by atoms with van der Waals surface area (Å²) in [6, 6.07) is 7.81. The van der Waals surface area contributed by atoms with Crippen molar-refractivity contribution in [3.05, 3.63) is 29.8 Å². The summed E-state index contributed by atoms with van der Waals surface area (Å²) in [6.45, 7) is 3.97. The van der Waals surface area contributed by atoms with E-state index in [1.54, 1.807) is 7.11 Å². The Balaban J connectivity index is 1.77. The first kappa shape index (κ1) is 19.4. The predicted octanol–water partition coefficient (Wildman–Crippen LogP) is 0.558. The van der Waals surface area contributed by atoms with Crippen molar-refractivity contribution in [2.24, 2.45) is 11.7 Å². The minimum atomic E-state index is -0.207. The zero-order valence-electron chi connectivity index (χ0n) is 14.8. The molecule has 0 saturated carbocycles. The molecule has 2 rings (SSSR count). The monoisotopic (exact) mass is 348 g/mol. The van der Waals surface area contributed by atoms with E-state index in [0.29, 0.717) is 13.2 Å². The number of nitrogens with zero attached hydrogens (tertiary/aromatic N) is 1. The largest absolute Gasteiger partial charge is 0.383 e. The Morgan fingerprint density at radius 1 is 1.32 bits per heavy atom. The second-order valence-electron chi connectivity index (χ2n) is 6.39. The third-order valence-electron chi connectivity index (χ3n) is 4.32. The molecule has 1 atom stereocenters. The number of amides is 2. The van der Waals surface area contributed by atoms with Crippen molar-refractivity contribution in [3.8, 4) is 0 Å². The molecule has 0 aliphatic carbocycles. The van der Waals surface area contributed by atoms with Crippen LogP contribution in [0.25, 0.3) is 0 Å². The Bertz CT molecular complexity index is 562. The summed E-state index contributed by atoms with van der Waals surface area (Å²) in [6.07, 6.45) is 1.88. The number of anilines is 1. The maximum Gasteiger partial charge on any atom is 0.238 e. The zero-order chi connectivity index (χ0) is 18.1. The smallest absolute Gasteiger partial charge is 0.238 e. The van der Waals surface area contributed by atoms with Crippen LogP contribution in [0.2, 0.25) is 0 Å². The quantitative estimate of drug-likeness (QED) is 0.567. The fourth-order valence-electron chi connectivity index (χ4n) is 2.96. The maximum absolute atomic E-state index is 11.8. The van der Waals surface area contributed by atoms with Gasteiger partial charge >= 0.3 is 0 Å². The molecule has 1 aromatic carbocycles. The standard InChI is InChI=1S/C18H28N4O3/c1-25-10-8-20-11-17(23)21-16-6-4-14(5-7-16)12-22-9-2-3-15(13-22)18(19)24/h4-7,15,20H,2-3,8-13H2,1H3,(H2,19,24)(H,21,23). The molecule has 1 unspecified atom stereocenters. The highest BCUT2D eigenvalue weighted by atomic mass is 16.5. The number of hydrogen-bond donors (Lipinski definition) is 3. The van der Waals surface area contributed by atoms with Gasteiger partial charge in [0.2, 0.25) is 11.8 Å². The van der Waals surface area contributed by atoms with Crippen molar-refractivity contribution < 1.29 is 14.3 Å². The summed E-state index contributed by atoms with van der Waals surface area (Å²) in [5.74, 6) is -0.330. The first-order chi connectivity index (χ1) is 12.1. The summed E-state index contributed by atoms with van der Waals surface area (Å²) >= 11 is 0. The van der Waals surface area contributed by atoms with E-state index in [2.05, 4.69) is 15.5 Å². The van der Waals surface area contributed by atoms with Gasteiger partial charge in [-0.3, -0.25) is 14.5 Å². The number of piperidine rings is 1. The number of methoxy groups -OCH3 is 1. The predicted molar refractivity (Wildman–Crippen MR) is 97.0 cm³/mol. The lowest BCUT2D eigenvalue weighted by atomic mass is 9.97. The van der Waals surface area contributed by atoms with Crippen molar-refractivity contribution in [2.45, 2.75) is 19.4 Å². The lowest BCUT2D eigenvalue weighted by molar-refractivity contribution is -0.123. The number of rotatable bonds is 9. The fourth-order valence-corrected chi connectivity index (χ4v) is 2.96. The number of benzene rings is 1. The molecule has 1 saturated heterocycles. The Morgan fingerprint density at radius 2 is 2.08 bits per heavy atom. The van der Waals surface area contributed by atoms with E-state index in [-0.39, 0.29) is 24.3 Å². The minimum Gasteiger partial charge on any atom is -0.383 e. The number of carbonyl (C=O) groups excluding carboxylic acids is 2. The molecule has 1 fully saturated rings. The van der Waals surface area contributed by atoms with E-state index in [1.807, 2.05) is 24.3 Å². The van der Waals surface area contributed by atoms with Gasteiger partial charge in [-0.1, -0.05) is 12.1 Å². The van der Waals surface area contributed by atoms with Gasteiger partial charge in [-0.15, -0.1) is 0 Å². The van der Waals surface area contributed by atoms with Crippen LogP contribution in [0.5, 0.6) is 0 Å². The minimum absolute atomic E-state index is 0.0436. The van der Waals surface area contributed by atoms with Crippen molar-refractivity contribution in [3.63, 3.8) is 0 Å². The van der Waals surface area contributed by atoms with E-state index in [9.17, 15) is 9.59 Å². The average molecular weight is 348 g/mol. The molecular weight excluding hydrogens is 320 g/mol. The zero-order valence-corrected chi connectivity index (χ0v) is 14.8. The van der Waals surface area contributed by atoms with E-state index in [1.165, 1.54) is 0 Å². The summed E-state index contributed by atoms with van der Waals surface area (Å²) < 4.78 is 4.91. The molecule has 1 aromatic rings. The average Bonchev–Trinajstić information content (AvgIpc) is 2.61. The molecule has 0 radical (unpaired) electrons. The third-order valence-corrected chi connectivity index (χ3v) is 4.32. The molecule has 0 aromatic heterocycles. The lowest BCUT2D eigenvalue weighted by Crippen LogP contribution is -2.40. The van der Waals surface area contributed by atoms with E-state index in [4.69, 9.17) is 10.5 Å². The topological polar surface area (TPSA) is 96.7 Å². The fraction of sp³-hybridized carbons (Fsp3) is 0.556. The van der Waals surface area contributed by atoms with Crippen molar-refractivity contribution in [1.82, 2.24) is 10.2 Å². The van der Waals surface area contributed by atoms with Crippen LogP contribution in [-0.4, -0.2) is 56.6 Å². The van der Waals surface area contributed by atoms with Gasteiger partial charge in [-0.05, 0) is 37.1 Å². The number of nitrogens with one attached hydrogen (secondary N) is 2. The van der Waals surface area contributed by atoms with Crippen LogP contribution >= 0.6 is 0 Å². The summed E-state index contributed by atoms with van der Waals surface area (Å²) in [5, 5.41) is 5.86. The molecule has 0 bridgehead atoms. The van der Waals surface area contributed by atoms with E-state index >= 15 is 0 Å². The van der Waals surface area contributed by atoms with Crippen LogP contribution in [-0.2, 0) is 20.9 Å². The molecule has 7 heteroatoms. The molecule has 1 aliphatic heterocycles. The molecule has 2 amide bonds. The van der Waals surface area contributed by atoms with E-state index < -0.39 is 0 Å². The Labute approximate surface area is 148 Å². The highest BCUT2D eigenvalue weighted by molar-refractivity contribution is 5.92. The number of ether oxygens (including phenoxy) is 1. The van der Waals surface area contributed by atoms with Gasteiger partial charge in [0.25, 0.3) is 0 Å². The molecule has 138 valence electrons. The molecule has 1 aliphatic rings. The van der Waals surface area contributed by atoms with Gasteiger partial charge in [0.15, 0.2) is 0 Å². The van der Waals surface area contributed by atoms with Gasteiger partial charge in [-0.2, -0.15) is 0 Å². The highest BCUT2D eigenvalue weighted by Gasteiger charge is 2.23. The normalized spacial score (nSPS) is 18.0. The lowest BCUT2D eigenvalue weighted by Gasteiger charge is -2.31. The number of likely N-dealkylation sites (tertiary alicyclic amines) is 1. The number of primary amides is 1. The molecule has 7 nitrogen and oxygen atoms in total. The van der Waals surface area contributed by atoms with Crippen LogP contribution in [0.1, 0.15) is 18.4 Å². The number of carbonyl (C=O) groups is 2. The van der Waals surface area contributed by atoms with Gasteiger partial charge in [0.1, 0.15) is 0 Å².